The van der Waals surface area contributed by atoms with Crippen molar-refractivity contribution in [1.82, 2.24) is 4.90 Å². The summed E-state index contributed by atoms with van der Waals surface area (Å²) in [4.78, 5) is 12.9. The second kappa shape index (κ2) is 3.88. The van der Waals surface area contributed by atoms with Gasteiger partial charge >= 0.3 is 6.09 Å². The first-order valence-electron chi connectivity index (χ1n) is 4.47. The van der Waals surface area contributed by atoms with E-state index in [1.54, 1.807) is 0 Å². The topological polar surface area (TPSA) is 64.8 Å². The molecule has 0 aromatic rings. The van der Waals surface area contributed by atoms with Crippen molar-refractivity contribution in [2.75, 3.05) is 6.54 Å². The molecule has 0 radical (unpaired) electrons. The lowest BCUT2D eigenvalue weighted by molar-refractivity contribution is 0.00175. The van der Waals surface area contributed by atoms with Gasteiger partial charge in [0.05, 0.1) is 6.54 Å². The molecule has 1 atom stereocenters. The first-order valence-corrected chi connectivity index (χ1v) is 4.47. The van der Waals surface area contributed by atoms with Gasteiger partial charge in [0.15, 0.2) is 6.23 Å². The fraction of sp³-hybridized carbons (Fsp3) is 0.667. The van der Waals surface area contributed by atoms with E-state index in [1.165, 1.54) is 17.4 Å². The van der Waals surface area contributed by atoms with Crippen molar-refractivity contribution in [3.05, 3.63) is 12.5 Å². The van der Waals surface area contributed by atoms with Crippen LogP contribution in [0.15, 0.2) is 12.5 Å². The molecule has 0 saturated carbocycles. The second-order valence-electron chi connectivity index (χ2n) is 4.00. The lowest BCUT2D eigenvalue weighted by Crippen LogP contribution is -2.41. The number of nitrogens with two attached hydrogens (primary N) is 1. The van der Waals surface area contributed by atoms with Crippen LogP contribution in [0.2, 0.25) is 0 Å². The standard InChI is InChI=1S/C9H16N2O3/c1-9(2,3)14-8(12)11-4-5-13-7(11)6-10/h4-5,7H,6,10H2,1-3H3. The number of rotatable bonds is 1. The smallest absolute Gasteiger partial charge is 0.417 e. The SMILES string of the molecule is CC(C)(C)OC(=O)N1C=COC1CN. The minimum Gasteiger partial charge on any atom is -0.475 e. The maximum Gasteiger partial charge on any atom is 0.417 e. The Kier molecular flexibility index (Phi) is 3.00. The van der Waals surface area contributed by atoms with E-state index in [0.29, 0.717) is 0 Å². The average molecular weight is 200 g/mol. The Morgan fingerprint density at radius 1 is 1.64 bits per heavy atom. The van der Waals surface area contributed by atoms with Gasteiger partial charge in [0.2, 0.25) is 0 Å². The summed E-state index contributed by atoms with van der Waals surface area (Å²) >= 11 is 0. The summed E-state index contributed by atoms with van der Waals surface area (Å²) in [6.45, 7) is 5.67. The van der Waals surface area contributed by atoms with Crippen LogP contribution in [0.5, 0.6) is 0 Å². The maximum atomic E-state index is 11.5. The Morgan fingerprint density at radius 3 is 2.79 bits per heavy atom. The van der Waals surface area contributed by atoms with Crippen LogP contribution in [0.25, 0.3) is 0 Å². The zero-order valence-corrected chi connectivity index (χ0v) is 8.69. The highest BCUT2D eigenvalue weighted by atomic mass is 16.6. The number of hydrogen-bond donors (Lipinski definition) is 1. The van der Waals surface area contributed by atoms with Gasteiger partial charge in [-0.15, -0.1) is 0 Å². The van der Waals surface area contributed by atoms with Crippen molar-refractivity contribution >= 4 is 6.09 Å². The van der Waals surface area contributed by atoms with Crippen LogP contribution >= 0.6 is 0 Å². The van der Waals surface area contributed by atoms with Crippen LogP contribution < -0.4 is 5.73 Å². The fourth-order valence-electron chi connectivity index (χ4n) is 1.02. The van der Waals surface area contributed by atoms with Gasteiger partial charge in [0.1, 0.15) is 11.9 Å². The van der Waals surface area contributed by atoms with Gasteiger partial charge in [-0.25, -0.2) is 9.69 Å². The number of carbonyl (C=O) groups is 1. The van der Waals surface area contributed by atoms with E-state index in [2.05, 4.69) is 0 Å². The molecule has 1 amide bonds. The molecular formula is C9H16N2O3. The second-order valence-corrected chi connectivity index (χ2v) is 4.00. The Bertz CT molecular complexity index is 245. The van der Waals surface area contributed by atoms with Crippen molar-refractivity contribution in [1.29, 1.82) is 0 Å². The van der Waals surface area contributed by atoms with Crippen LogP contribution in [0.4, 0.5) is 4.79 Å². The Labute approximate surface area is 83.5 Å². The zero-order valence-electron chi connectivity index (χ0n) is 8.69. The predicted molar refractivity (Wildman–Crippen MR) is 51.1 cm³/mol. The molecule has 80 valence electrons. The van der Waals surface area contributed by atoms with E-state index in [0.717, 1.165) is 0 Å². The summed E-state index contributed by atoms with van der Waals surface area (Å²) in [5, 5.41) is 0. The molecule has 0 bridgehead atoms. The largest absolute Gasteiger partial charge is 0.475 e. The number of carbonyl (C=O) groups excluding carboxylic acids is 1. The van der Waals surface area contributed by atoms with Crippen LogP contribution in [0, 0.1) is 0 Å². The molecule has 2 N–H and O–H groups in total. The summed E-state index contributed by atoms with van der Waals surface area (Å²) in [6.07, 6.45) is 2.07. The van der Waals surface area contributed by atoms with Gasteiger partial charge in [-0.05, 0) is 20.8 Å². The minimum absolute atomic E-state index is 0.242. The first-order chi connectivity index (χ1) is 6.44. The molecule has 0 saturated heterocycles. The number of nitrogens with zero attached hydrogens (tertiary/aromatic N) is 1. The van der Waals surface area contributed by atoms with Gasteiger partial charge in [-0.2, -0.15) is 0 Å². The Balaban J connectivity index is 2.56. The van der Waals surface area contributed by atoms with E-state index in [1.807, 2.05) is 20.8 Å². The van der Waals surface area contributed by atoms with E-state index in [4.69, 9.17) is 15.2 Å². The molecule has 1 unspecified atom stereocenters. The van der Waals surface area contributed by atoms with Gasteiger partial charge < -0.3 is 15.2 Å². The number of ether oxygens (including phenoxy) is 2. The highest BCUT2D eigenvalue weighted by molar-refractivity contribution is 5.70. The normalized spacial score (nSPS) is 20.9. The van der Waals surface area contributed by atoms with Crippen molar-refractivity contribution in [3.8, 4) is 0 Å². The molecule has 1 aliphatic heterocycles. The number of hydrogen-bond acceptors (Lipinski definition) is 4. The lowest BCUT2D eigenvalue weighted by Gasteiger charge is -2.26. The van der Waals surface area contributed by atoms with E-state index >= 15 is 0 Å². The molecule has 0 aromatic carbocycles. The van der Waals surface area contributed by atoms with E-state index in [9.17, 15) is 4.79 Å². The van der Waals surface area contributed by atoms with Crippen LogP contribution in [-0.2, 0) is 9.47 Å². The van der Waals surface area contributed by atoms with Gasteiger partial charge in [-0.3, -0.25) is 0 Å². The van der Waals surface area contributed by atoms with Crippen LogP contribution in [0.1, 0.15) is 20.8 Å². The Hall–Kier alpha value is -1.23. The highest BCUT2D eigenvalue weighted by Gasteiger charge is 2.29. The van der Waals surface area contributed by atoms with Gasteiger partial charge in [0.25, 0.3) is 0 Å². The van der Waals surface area contributed by atoms with Crippen molar-refractivity contribution in [2.24, 2.45) is 5.73 Å². The van der Waals surface area contributed by atoms with E-state index in [-0.39, 0.29) is 6.54 Å². The first kappa shape index (κ1) is 10.8. The van der Waals surface area contributed by atoms with Gasteiger partial charge in [0, 0.05) is 6.20 Å². The summed E-state index contributed by atoms with van der Waals surface area (Å²) in [7, 11) is 0. The summed E-state index contributed by atoms with van der Waals surface area (Å²) in [6, 6.07) is 0. The molecule has 1 aliphatic rings. The summed E-state index contributed by atoms with van der Waals surface area (Å²) in [5.41, 5.74) is 4.90. The molecule has 1 heterocycles. The molecule has 0 aromatic heterocycles. The average Bonchev–Trinajstić information content (AvgIpc) is 2.47. The van der Waals surface area contributed by atoms with Crippen molar-refractivity contribution in [3.63, 3.8) is 0 Å². The molecule has 0 aliphatic carbocycles. The monoisotopic (exact) mass is 200 g/mol. The zero-order chi connectivity index (χ0) is 10.8. The summed E-state index contributed by atoms with van der Waals surface area (Å²) < 4.78 is 10.2. The molecule has 1 rings (SSSR count). The predicted octanol–water partition coefficient (Wildman–Crippen LogP) is 1.01. The third-order valence-corrected chi connectivity index (χ3v) is 1.57. The minimum atomic E-state index is -0.507. The fourth-order valence-corrected chi connectivity index (χ4v) is 1.02. The summed E-state index contributed by atoms with van der Waals surface area (Å²) in [5.74, 6) is 0. The maximum absolute atomic E-state index is 11.5. The highest BCUT2D eigenvalue weighted by Crippen LogP contribution is 2.16. The van der Waals surface area contributed by atoms with Gasteiger partial charge in [-0.1, -0.05) is 0 Å². The number of amides is 1. The third kappa shape index (κ3) is 2.63. The third-order valence-electron chi connectivity index (χ3n) is 1.57. The molecule has 14 heavy (non-hydrogen) atoms. The van der Waals surface area contributed by atoms with E-state index < -0.39 is 17.9 Å². The Morgan fingerprint density at radius 2 is 2.29 bits per heavy atom. The lowest BCUT2D eigenvalue weighted by atomic mass is 10.2. The molecular weight excluding hydrogens is 184 g/mol. The van der Waals surface area contributed by atoms with Crippen molar-refractivity contribution in [2.45, 2.75) is 32.6 Å². The molecule has 0 spiro atoms. The quantitative estimate of drug-likeness (QED) is 0.686. The van der Waals surface area contributed by atoms with Crippen molar-refractivity contribution < 1.29 is 14.3 Å². The molecule has 5 nitrogen and oxygen atoms in total. The molecule has 5 heteroatoms. The molecule has 0 fully saturated rings. The van der Waals surface area contributed by atoms with Crippen LogP contribution in [0.3, 0.4) is 0 Å². The van der Waals surface area contributed by atoms with Crippen LogP contribution in [-0.4, -0.2) is 29.4 Å².